The van der Waals surface area contributed by atoms with Gasteiger partial charge in [0.1, 0.15) is 5.82 Å². The fourth-order valence-electron chi connectivity index (χ4n) is 3.18. The zero-order valence-electron chi connectivity index (χ0n) is 14.4. The number of rotatable bonds is 5. The Labute approximate surface area is 138 Å². The lowest BCUT2D eigenvalue weighted by Gasteiger charge is -2.45. The highest BCUT2D eigenvalue weighted by Crippen LogP contribution is 2.33. The molecule has 0 spiro atoms. The van der Waals surface area contributed by atoms with Crippen LogP contribution in [0.15, 0.2) is 24.3 Å². The number of anilines is 1. The maximum atomic E-state index is 13.1. The molecule has 128 valence electrons. The Balaban J connectivity index is 2.19. The van der Waals surface area contributed by atoms with Crippen LogP contribution in [0.5, 0.6) is 0 Å². The summed E-state index contributed by atoms with van der Waals surface area (Å²) in [7, 11) is 1.74. The largest absolute Gasteiger partial charge is 0.339 e. The van der Waals surface area contributed by atoms with Crippen LogP contribution >= 0.6 is 0 Å². The molecule has 1 fully saturated rings. The van der Waals surface area contributed by atoms with Crippen molar-refractivity contribution in [2.45, 2.75) is 57.9 Å². The first kappa shape index (κ1) is 17.7. The fourth-order valence-corrected chi connectivity index (χ4v) is 3.18. The van der Waals surface area contributed by atoms with Crippen molar-refractivity contribution in [2.24, 2.45) is 0 Å². The molecule has 5 heteroatoms. The van der Waals surface area contributed by atoms with Crippen LogP contribution in [-0.2, 0) is 0 Å². The molecule has 1 aromatic rings. The van der Waals surface area contributed by atoms with Gasteiger partial charge >= 0.3 is 6.03 Å². The van der Waals surface area contributed by atoms with Crippen molar-refractivity contribution >= 4 is 11.7 Å². The average Bonchev–Trinajstić information content (AvgIpc) is 2.55. The molecule has 2 rings (SSSR count). The Morgan fingerprint density at radius 3 is 2.39 bits per heavy atom. The summed E-state index contributed by atoms with van der Waals surface area (Å²) in [4.78, 5) is 14.6. The molecule has 0 saturated heterocycles. The first-order chi connectivity index (χ1) is 11.0. The molecule has 1 N–H and O–H groups in total. The maximum absolute atomic E-state index is 13.1. The minimum Gasteiger partial charge on any atom is -0.296 e. The van der Waals surface area contributed by atoms with Crippen molar-refractivity contribution in [1.29, 1.82) is 0 Å². The molecule has 4 nitrogen and oxygen atoms in total. The van der Waals surface area contributed by atoms with Crippen LogP contribution in [0.4, 0.5) is 14.9 Å². The predicted molar refractivity (Wildman–Crippen MR) is 91.8 cm³/mol. The number of hydrogen-bond donors (Lipinski definition) is 1. The van der Waals surface area contributed by atoms with Crippen LogP contribution in [0.3, 0.4) is 0 Å². The average molecular weight is 321 g/mol. The number of nitrogens with zero attached hydrogens (tertiary/aromatic N) is 2. The second-order valence-corrected chi connectivity index (χ2v) is 6.62. The van der Waals surface area contributed by atoms with Gasteiger partial charge < -0.3 is 0 Å². The molecular formula is C18H28FN3O. The summed E-state index contributed by atoms with van der Waals surface area (Å²) in [6, 6.07) is 5.94. The minimum absolute atomic E-state index is 0.0885. The van der Waals surface area contributed by atoms with Crippen LogP contribution < -0.4 is 10.3 Å². The van der Waals surface area contributed by atoms with Gasteiger partial charge in [0.2, 0.25) is 0 Å². The highest BCUT2D eigenvalue weighted by Gasteiger charge is 2.38. The lowest BCUT2D eigenvalue weighted by molar-refractivity contribution is 0.0561. The molecule has 0 radical (unpaired) electrons. The smallest absolute Gasteiger partial charge is 0.296 e. The molecule has 0 unspecified atom stereocenters. The van der Waals surface area contributed by atoms with Crippen molar-refractivity contribution in [3.8, 4) is 0 Å². The number of nitrogens with one attached hydrogen (secondary N) is 1. The molecule has 0 heterocycles. The highest BCUT2D eigenvalue weighted by atomic mass is 19.1. The summed E-state index contributed by atoms with van der Waals surface area (Å²) in [5, 5.41) is 1.80. The Hall–Kier alpha value is -1.62. The van der Waals surface area contributed by atoms with E-state index in [0.717, 1.165) is 38.6 Å². The van der Waals surface area contributed by atoms with E-state index < -0.39 is 0 Å². The first-order valence-corrected chi connectivity index (χ1v) is 8.55. The molecule has 2 amide bonds. The molecule has 1 aromatic carbocycles. The normalized spacial score (nSPS) is 16.9. The number of benzene rings is 1. The van der Waals surface area contributed by atoms with E-state index in [1.54, 1.807) is 29.1 Å². The molecule has 0 aliphatic heterocycles. The monoisotopic (exact) mass is 321 g/mol. The van der Waals surface area contributed by atoms with E-state index in [1.165, 1.54) is 18.6 Å². The summed E-state index contributed by atoms with van der Waals surface area (Å²) in [6.45, 7) is 5.01. The van der Waals surface area contributed by atoms with E-state index in [4.69, 9.17) is 0 Å². The van der Waals surface area contributed by atoms with Crippen molar-refractivity contribution < 1.29 is 9.18 Å². The van der Waals surface area contributed by atoms with E-state index in [-0.39, 0.29) is 17.4 Å². The summed E-state index contributed by atoms with van der Waals surface area (Å²) in [5.41, 5.74) is 3.84. The van der Waals surface area contributed by atoms with Crippen molar-refractivity contribution in [2.75, 3.05) is 18.5 Å². The Morgan fingerprint density at radius 1 is 1.22 bits per heavy atom. The summed E-state index contributed by atoms with van der Waals surface area (Å²) in [6.07, 6.45) is 6.50. The molecule has 1 saturated carbocycles. The lowest BCUT2D eigenvalue weighted by atomic mass is 9.83. The number of carbonyl (C=O) groups is 1. The number of amides is 2. The van der Waals surface area contributed by atoms with E-state index in [2.05, 4.69) is 19.3 Å². The second kappa shape index (κ2) is 7.77. The van der Waals surface area contributed by atoms with Gasteiger partial charge in [-0.05, 0) is 50.5 Å². The summed E-state index contributed by atoms with van der Waals surface area (Å²) >= 11 is 0. The van der Waals surface area contributed by atoms with E-state index in [0.29, 0.717) is 5.69 Å². The van der Waals surface area contributed by atoms with Gasteiger partial charge in [0.25, 0.3) is 0 Å². The van der Waals surface area contributed by atoms with E-state index >= 15 is 0 Å². The number of urea groups is 1. The second-order valence-electron chi connectivity index (χ2n) is 6.62. The van der Waals surface area contributed by atoms with Crippen LogP contribution in [-0.4, -0.2) is 30.2 Å². The molecule has 23 heavy (non-hydrogen) atoms. The predicted octanol–water partition coefficient (Wildman–Crippen LogP) is 4.32. The molecule has 0 bridgehead atoms. The standard InChI is InChI=1S/C18H28FN3O/c1-4-14-20-22(18(2)12-6-5-7-13-18)17(23)21(3)16-10-8-15(19)9-11-16/h8-11,20H,4-7,12-14H2,1-3H3. The van der Waals surface area contributed by atoms with Gasteiger partial charge in [-0.3, -0.25) is 9.91 Å². The molecule has 0 atom stereocenters. The van der Waals surface area contributed by atoms with Crippen LogP contribution in [0.25, 0.3) is 0 Å². The zero-order valence-corrected chi connectivity index (χ0v) is 14.4. The van der Waals surface area contributed by atoms with Gasteiger partial charge in [-0.15, -0.1) is 0 Å². The van der Waals surface area contributed by atoms with Crippen molar-refractivity contribution in [3.05, 3.63) is 30.1 Å². The lowest BCUT2D eigenvalue weighted by Crippen LogP contribution is -2.61. The topological polar surface area (TPSA) is 35.6 Å². The van der Waals surface area contributed by atoms with Crippen LogP contribution in [0, 0.1) is 5.82 Å². The minimum atomic E-state index is -0.296. The molecular weight excluding hydrogens is 293 g/mol. The summed E-state index contributed by atoms with van der Waals surface area (Å²) < 4.78 is 13.1. The SMILES string of the molecule is CCCNN(C(=O)N(C)c1ccc(F)cc1)C1(C)CCCCC1. The van der Waals surface area contributed by atoms with Gasteiger partial charge in [-0.1, -0.05) is 26.2 Å². The first-order valence-electron chi connectivity index (χ1n) is 8.55. The number of hydrazine groups is 1. The highest BCUT2D eigenvalue weighted by molar-refractivity contribution is 5.91. The third-order valence-electron chi connectivity index (χ3n) is 4.68. The zero-order chi connectivity index (χ0) is 16.9. The van der Waals surface area contributed by atoms with Gasteiger partial charge in [-0.25, -0.2) is 14.6 Å². The third kappa shape index (κ3) is 4.22. The maximum Gasteiger partial charge on any atom is 0.339 e. The Bertz CT molecular complexity index is 512. The summed E-state index contributed by atoms with van der Waals surface area (Å²) in [5.74, 6) is -0.296. The Kier molecular flexibility index (Phi) is 5.99. The van der Waals surface area contributed by atoms with Crippen molar-refractivity contribution in [3.63, 3.8) is 0 Å². The quantitative estimate of drug-likeness (QED) is 0.820. The fraction of sp³-hybridized carbons (Fsp3) is 0.611. The molecule has 1 aliphatic rings. The Morgan fingerprint density at radius 2 is 1.83 bits per heavy atom. The van der Waals surface area contributed by atoms with Gasteiger partial charge in [-0.2, -0.15) is 0 Å². The van der Waals surface area contributed by atoms with Crippen molar-refractivity contribution in [1.82, 2.24) is 10.4 Å². The number of halogens is 1. The van der Waals surface area contributed by atoms with Gasteiger partial charge in [0.15, 0.2) is 0 Å². The van der Waals surface area contributed by atoms with Gasteiger partial charge in [0.05, 0.1) is 5.54 Å². The number of hydrogen-bond acceptors (Lipinski definition) is 2. The molecule has 0 aromatic heterocycles. The third-order valence-corrected chi connectivity index (χ3v) is 4.68. The van der Waals surface area contributed by atoms with Crippen LogP contribution in [0.1, 0.15) is 52.4 Å². The number of carbonyl (C=O) groups excluding carboxylic acids is 1. The van der Waals surface area contributed by atoms with Crippen LogP contribution in [0.2, 0.25) is 0 Å². The molecule has 1 aliphatic carbocycles. The van der Waals surface area contributed by atoms with E-state index in [9.17, 15) is 9.18 Å². The van der Waals surface area contributed by atoms with Gasteiger partial charge in [0, 0.05) is 19.3 Å². The van der Waals surface area contributed by atoms with E-state index in [1.807, 2.05) is 0 Å².